The van der Waals surface area contributed by atoms with Crippen molar-refractivity contribution in [2.75, 3.05) is 0 Å². The van der Waals surface area contributed by atoms with Gasteiger partial charge in [0.1, 0.15) is 0 Å². The van der Waals surface area contributed by atoms with Gasteiger partial charge in [-0.05, 0) is 37.1 Å². The van der Waals surface area contributed by atoms with Gasteiger partial charge in [0, 0.05) is 17.1 Å². The summed E-state index contributed by atoms with van der Waals surface area (Å²) >= 11 is 3.22. The fourth-order valence-electron chi connectivity index (χ4n) is 1.82. The van der Waals surface area contributed by atoms with Crippen molar-refractivity contribution in [2.45, 2.75) is 43.9 Å². The molecule has 0 spiro atoms. The van der Waals surface area contributed by atoms with Gasteiger partial charge in [-0.1, -0.05) is 15.9 Å². The molecule has 21 heavy (non-hydrogen) atoms. The van der Waals surface area contributed by atoms with Gasteiger partial charge >= 0.3 is 6.18 Å². The van der Waals surface area contributed by atoms with Crippen LogP contribution >= 0.6 is 15.9 Å². The number of hydrogen-bond donors (Lipinski definition) is 2. The van der Waals surface area contributed by atoms with E-state index in [1.807, 2.05) is 4.72 Å². The Labute approximate surface area is 130 Å². The van der Waals surface area contributed by atoms with E-state index >= 15 is 0 Å². The van der Waals surface area contributed by atoms with E-state index < -0.39 is 28.7 Å². The largest absolute Gasteiger partial charge is 0.390 e. The Balaban J connectivity index is 3.11. The first-order valence-corrected chi connectivity index (χ1v) is 8.32. The highest BCUT2D eigenvalue weighted by Gasteiger charge is 2.32. The van der Waals surface area contributed by atoms with Gasteiger partial charge in [-0.2, -0.15) is 13.2 Å². The minimum Gasteiger partial charge on any atom is -0.326 e. The molecule has 120 valence electrons. The number of benzene rings is 1. The first-order valence-electron chi connectivity index (χ1n) is 6.04. The van der Waals surface area contributed by atoms with Crippen LogP contribution in [0.5, 0.6) is 0 Å². The maximum atomic E-state index is 12.3. The summed E-state index contributed by atoms with van der Waals surface area (Å²) in [7, 11) is -4.05. The van der Waals surface area contributed by atoms with E-state index in [0.29, 0.717) is 15.6 Å². The summed E-state index contributed by atoms with van der Waals surface area (Å²) in [5, 5.41) is 0. The van der Waals surface area contributed by atoms with E-state index in [9.17, 15) is 21.6 Å². The Morgan fingerprint density at radius 3 is 2.43 bits per heavy atom. The molecule has 1 rings (SSSR count). The van der Waals surface area contributed by atoms with Crippen molar-refractivity contribution >= 4 is 26.0 Å². The molecule has 0 radical (unpaired) electrons. The average Bonchev–Trinajstić information content (AvgIpc) is 2.28. The van der Waals surface area contributed by atoms with E-state index in [-0.39, 0.29) is 11.4 Å². The molecule has 0 saturated carbocycles. The number of alkyl halides is 3. The highest BCUT2D eigenvalue weighted by molar-refractivity contribution is 9.10. The highest BCUT2D eigenvalue weighted by Crippen LogP contribution is 2.27. The molecule has 0 bridgehead atoms. The molecule has 0 amide bonds. The molecule has 3 N–H and O–H groups in total. The second kappa shape index (κ2) is 6.64. The van der Waals surface area contributed by atoms with Gasteiger partial charge in [0.05, 0.1) is 11.3 Å². The van der Waals surface area contributed by atoms with E-state index in [1.165, 1.54) is 13.0 Å². The monoisotopic (exact) mass is 388 g/mol. The molecule has 1 atom stereocenters. The van der Waals surface area contributed by atoms with Crippen LogP contribution in [0, 0.1) is 6.92 Å². The van der Waals surface area contributed by atoms with Gasteiger partial charge in [0.15, 0.2) is 0 Å². The van der Waals surface area contributed by atoms with Crippen LogP contribution in [-0.4, -0.2) is 20.6 Å². The van der Waals surface area contributed by atoms with E-state index in [0.717, 1.165) is 0 Å². The van der Waals surface area contributed by atoms with E-state index in [4.69, 9.17) is 5.73 Å². The van der Waals surface area contributed by atoms with Gasteiger partial charge in [-0.25, -0.2) is 13.1 Å². The van der Waals surface area contributed by atoms with E-state index in [1.54, 1.807) is 13.0 Å². The molecule has 4 nitrogen and oxygen atoms in total. The normalized spacial score (nSPS) is 14.2. The molecule has 0 aliphatic rings. The lowest BCUT2D eigenvalue weighted by atomic mass is 10.1. The second-order valence-electron chi connectivity index (χ2n) is 4.75. The summed E-state index contributed by atoms with van der Waals surface area (Å²) in [6.45, 7) is 2.86. The summed E-state index contributed by atoms with van der Waals surface area (Å²) in [5.74, 6) is 0. The summed E-state index contributed by atoms with van der Waals surface area (Å²) in [6.07, 6.45) is -5.67. The first kappa shape index (κ1) is 18.4. The molecular formula is C12H16BrF3N2O2S. The Kier molecular flexibility index (Phi) is 5.82. The van der Waals surface area contributed by atoms with E-state index in [2.05, 4.69) is 15.9 Å². The zero-order valence-electron chi connectivity index (χ0n) is 11.5. The number of sulfonamides is 1. The Hall–Kier alpha value is -0.640. The van der Waals surface area contributed by atoms with Crippen LogP contribution in [0.25, 0.3) is 0 Å². The lowest BCUT2D eigenvalue weighted by Gasteiger charge is -2.18. The summed E-state index contributed by atoms with van der Waals surface area (Å²) < 4.78 is 63.9. The van der Waals surface area contributed by atoms with Gasteiger partial charge in [-0.3, -0.25) is 0 Å². The number of hydrogen-bond acceptors (Lipinski definition) is 3. The molecule has 1 aromatic rings. The zero-order chi connectivity index (χ0) is 16.4. The summed E-state index contributed by atoms with van der Waals surface area (Å²) in [5.41, 5.74) is 6.46. The molecule has 1 unspecified atom stereocenters. The minimum absolute atomic E-state index is 0.0775. The standard InChI is InChI=1S/C12H16BrF3N2O2S/c1-7(5-12(14,15)16)18-21(19,20)11-4-9(6-17)3-10(13)8(11)2/h3-4,7,18H,5-6,17H2,1-2H3. The average molecular weight is 389 g/mol. The smallest absolute Gasteiger partial charge is 0.326 e. The molecule has 0 aromatic heterocycles. The Bertz CT molecular complexity index is 618. The molecule has 0 aliphatic heterocycles. The van der Waals surface area contributed by atoms with Crippen molar-refractivity contribution in [1.82, 2.24) is 4.72 Å². The number of rotatable bonds is 5. The third kappa shape index (κ3) is 5.24. The van der Waals surface area contributed by atoms with Crippen molar-refractivity contribution < 1.29 is 21.6 Å². The quantitative estimate of drug-likeness (QED) is 0.814. The van der Waals surface area contributed by atoms with Crippen molar-refractivity contribution in [3.05, 3.63) is 27.7 Å². The molecule has 0 heterocycles. The molecule has 9 heteroatoms. The van der Waals surface area contributed by atoms with Crippen LogP contribution in [0.2, 0.25) is 0 Å². The van der Waals surface area contributed by atoms with Crippen LogP contribution in [0.15, 0.2) is 21.5 Å². The molecule has 0 aliphatic carbocycles. The van der Waals surface area contributed by atoms with Gasteiger partial charge in [0.25, 0.3) is 0 Å². The zero-order valence-corrected chi connectivity index (χ0v) is 13.9. The van der Waals surface area contributed by atoms with Crippen molar-refractivity contribution in [3.8, 4) is 0 Å². The fourth-order valence-corrected chi connectivity index (χ4v) is 4.02. The maximum absolute atomic E-state index is 12.3. The lowest BCUT2D eigenvalue weighted by molar-refractivity contribution is -0.137. The van der Waals surface area contributed by atoms with Crippen LogP contribution in [-0.2, 0) is 16.6 Å². The van der Waals surface area contributed by atoms with Gasteiger partial charge in [0.2, 0.25) is 10.0 Å². The SMILES string of the molecule is Cc1c(Br)cc(CN)cc1S(=O)(=O)NC(C)CC(F)(F)F. The number of nitrogens with one attached hydrogen (secondary N) is 1. The van der Waals surface area contributed by atoms with Crippen molar-refractivity contribution in [3.63, 3.8) is 0 Å². The molecular weight excluding hydrogens is 373 g/mol. The van der Waals surface area contributed by atoms with Crippen LogP contribution in [0.4, 0.5) is 13.2 Å². The second-order valence-corrected chi connectivity index (χ2v) is 7.28. The maximum Gasteiger partial charge on any atom is 0.390 e. The Morgan fingerprint density at radius 2 is 1.95 bits per heavy atom. The van der Waals surface area contributed by atoms with Crippen molar-refractivity contribution in [1.29, 1.82) is 0 Å². The molecule has 1 aromatic carbocycles. The topological polar surface area (TPSA) is 72.2 Å². The number of nitrogens with two attached hydrogens (primary N) is 1. The van der Waals surface area contributed by atoms with Crippen LogP contribution in [0.1, 0.15) is 24.5 Å². The molecule has 0 fully saturated rings. The predicted molar refractivity (Wildman–Crippen MR) is 77.2 cm³/mol. The third-order valence-electron chi connectivity index (χ3n) is 2.78. The lowest BCUT2D eigenvalue weighted by Crippen LogP contribution is -2.36. The first-order chi connectivity index (χ1) is 9.46. The fraction of sp³-hybridized carbons (Fsp3) is 0.500. The Morgan fingerprint density at radius 1 is 1.38 bits per heavy atom. The van der Waals surface area contributed by atoms with Gasteiger partial charge in [-0.15, -0.1) is 0 Å². The minimum atomic E-state index is -4.43. The third-order valence-corrected chi connectivity index (χ3v) is 5.32. The van der Waals surface area contributed by atoms with Crippen LogP contribution < -0.4 is 10.5 Å². The summed E-state index contributed by atoms with van der Waals surface area (Å²) in [6, 6.07) is 1.78. The van der Waals surface area contributed by atoms with Crippen molar-refractivity contribution in [2.24, 2.45) is 5.73 Å². The predicted octanol–water partition coefficient (Wildman–Crippen LogP) is 2.84. The number of halogens is 4. The van der Waals surface area contributed by atoms with Gasteiger partial charge < -0.3 is 5.73 Å². The highest BCUT2D eigenvalue weighted by atomic mass is 79.9. The van der Waals surface area contributed by atoms with Crippen LogP contribution in [0.3, 0.4) is 0 Å². The molecule has 0 saturated heterocycles. The summed E-state index contributed by atoms with van der Waals surface area (Å²) in [4.78, 5) is -0.0775.